The summed E-state index contributed by atoms with van der Waals surface area (Å²) in [5, 5.41) is 3.50. The molecule has 2 rings (SSSR count). The molecule has 1 aliphatic rings. The second kappa shape index (κ2) is 4.64. The molecule has 1 heterocycles. The highest BCUT2D eigenvalue weighted by molar-refractivity contribution is 9.13. The van der Waals surface area contributed by atoms with Gasteiger partial charge in [-0.2, -0.15) is 0 Å². The second-order valence-corrected chi connectivity index (χ2v) is 7.25. The Morgan fingerprint density at radius 1 is 1.57 bits per heavy atom. The maximum absolute atomic E-state index is 3.50. The first kappa shape index (κ1) is 11.1. The predicted molar refractivity (Wildman–Crippen MR) is 68.7 cm³/mol. The first-order chi connectivity index (χ1) is 6.66. The van der Waals surface area contributed by atoms with Crippen LogP contribution in [0.15, 0.2) is 14.3 Å². The molecule has 1 saturated carbocycles. The van der Waals surface area contributed by atoms with Gasteiger partial charge in [0, 0.05) is 15.9 Å². The van der Waals surface area contributed by atoms with E-state index in [-0.39, 0.29) is 0 Å². The lowest BCUT2D eigenvalue weighted by Crippen LogP contribution is -2.15. The topological polar surface area (TPSA) is 12.0 Å². The normalized spacial score (nSPS) is 25.4. The van der Waals surface area contributed by atoms with Gasteiger partial charge in [0.15, 0.2) is 0 Å². The van der Waals surface area contributed by atoms with E-state index in [1.807, 2.05) is 0 Å². The third-order valence-corrected chi connectivity index (χ3v) is 5.93. The average Bonchev–Trinajstić information content (AvgIpc) is 2.71. The summed E-state index contributed by atoms with van der Waals surface area (Å²) in [6.45, 7) is 4.50. The molecule has 1 nitrogen and oxygen atoms in total. The van der Waals surface area contributed by atoms with Crippen LogP contribution in [-0.4, -0.2) is 6.54 Å². The Labute approximate surface area is 106 Å². The first-order valence-corrected chi connectivity index (χ1v) is 7.21. The van der Waals surface area contributed by atoms with Crippen LogP contribution in [0.25, 0.3) is 0 Å². The van der Waals surface area contributed by atoms with E-state index >= 15 is 0 Å². The van der Waals surface area contributed by atoms with Gasteiger partial charge in [-0.1, -0.05) is 6.92 Å². The minimum atomic E-state index is 0.932. The third kappa shape index (κ3) is 2.81. The van der Waals surface area contributed by atoms with Crippen LogP contribution in [0.2, 0.25) is 0 Å². The lowest BCUT2D eigenvalue weighted by atomic mass is 10.3. The Kier molecular flexibility index (Phi) is 3.68. The smallest absolute Gasteiger partial charge is 0.0843 e. The quantitative estimate of drug-likeness (QED) is 0.874. The van der Waals surface area contributed by atoms with E-state index in [9.17, 15) is 0 Å². The summed E-state index contributed by atoms with van der Waals surface area (Å²) in [6.07, 6.45) is 1.41. The van der Waals surface area contributed by atoms with Crippen molar-refractivity contribution in [1.29, 1.82) is 0 Å². The molecule has 0 aromatic carbocycles. The van der Waals surface area contributed by atoms with Gasteiger partial charge in [0.2, 0.25) is 0 Å². The minimum absolute atomic E-state index is 0.932. The summed E-state index contributed by atoms with van der Waals surface area (Å²) < 4.78 is 2.35. The molecule has 0 saturated heterocycles. The molecule has 1 aromatic rings. The van der Waals surface area contributed by atoms with Crippen molar-refractivity contribution in [2.45, 2.75) is 19.9 Å². The molecule has 0 bridgehead atoms. The Bertz CT molecular complexity index is 304. The fraction of sp³-hybridized carbons (Fsp3) is 0.600. The van der Waals surface area contributed by atoms with E-state index in [0.29, 0.717) is 0 Å². The zero-order valence-electron chi connectivity index (χ0n) is 8.02. The molecule has 1 N–H and O–H groups in total. The molecule has 0 spiro atoms. The number of rotatable bonds is 4. The summed E-state index contributed by atoms with van der Waals surface area (Å²) >= 11 is 8.79. The van der Waals surface area contributed by atoms with Crippen molar-refractivity contribution in [3.8, 4) is 0 Å². The molecule has 2 atom stereocenters. The monoisotopic (exact) mass is 337 g/mol. The van der Waals surface area contributed by atoms with Gasteiger partial charge in [-0.25, -0.2) is 0 Å². The highest BCUT2D eigenvalue weighted by atomic mass is 79.9. The minimum Gasteiger partial charge on any atom is -0.312 e. The summed E-state index contributed by atoms with van der Waals surface area (Å²) in [5.41, 5.74) is 0. The van der Waals surface area contributed by atoms with Gasteiger partial charge >= 0.3 is 0 Å². The number of hydrogen-bond donors (Lipinski definition) is 1. The van der Waals surface area contributed by atoms with Gasteiger partial charge in [-0.3, -0.25) is 0 Å². The Morgan fingerprint density at radius 2 is 2.29 bits per heavy atom. The molecule has 1 fully saturated rings. The van der Waals surface area contributed by atoms with E-state index in [2.05, 4.69) is 50.2 Å². The molecule has 0 aliphatic heterocycles. The molecule has 1 aromatic heterocycles. The molecular formula is C10H13Br2NS. The van der Waals surface area contributed by atoms with Crippen LogP contribution in [0.5, 0.6) is 0 Å². The van der Waals surface area contributed by atoms with Gasteiger partial charge in [0.25, 0.3) is 0 Å². The highest BCUT2D eigenvalue weighted by Crippen LogP contribution is 2.37. The molecule has 0 amide bonds. The van der Waals surface area contributed by atoms with Crippen molar-refractivity contribution < 1.29 is 0 Å². The SMILES string of the molecule is CC1CC1CNCc1cc(Br)c(Br)s1. The molecule has 78 valence electrons. The van der Waals surface area contributed by atoms with Gasteiger partial charge in [0.1, 0.15) is 0 Å². The van der Waals surface area contributed by atoms with E-state index in [4.69, 9.17) is 0 Å². The largest absolute Gasteiger partial charge is 0.312 e. The molecule has 14 heavy (non-hydrogen) atoms. The van der Waals surface area contributed by atoms with Crippen LogP contribution in [0.4, 0.5) is 0 Å². The van der Waals surface area contributed by atoms with E-state index in [1.165, 1.54) is 26.1 Å². The van der Waals surface area contributed by atoms with Crippen molar-refractivity contribution in [2.24, 2.45) is 11.8 Å². The van der Waals surface area contributed by atoms with Crippen LogP contribution in [-0.2, 0) is 6.54 Å². The van der Waals surface area contributed by atoms with Crippen molar-refractivity contribution in [3.05, 3.63) is 19.2 Å². The zero-order chi connectivity index (χ0) is 10.1. The predicted octanol–water partition coefficient (Wildman–Crippen LogP) is 4.02. The zero-order valence-corrected chi connectivity index (χ0v) is 12.0. The van der Waals surface area contributed by atoms with Gasteiger partial charge in [-0.15, -0.1) is 11.3 Å². The standard InChI is InChI=1S/C10H13Br2NS/c1-6-2-7(6)4-13-5-8-3-9(11)10(12)14-8/h3,6-7,13H,2,4-5H2,1H3. The number of hydrogen-bond acceptors (Lipinski definition) is 2. The van der Waals surface area contributed by atoms with Crippen molar-refractivity contribution >= 4 is 43.2 Å². The number of nitrogens with one attached hydrogen (secondary N) is 1. The lowest BCUT2D eigenvalue weighted by Gasteiger charge is -2.00. The van der Waals surface area contributed by atoms with E-state index in [1.54, 1.807) is 11.3 Å². The van der Waals surface area contributed by atoms with Crippen LogP contribution in [0.1, 0.15) is 18.2 Å². The third-order valence-electron chi connectivity index (χ3n) is 2.68. The Hall–Kier alpha value is 0.620. The van der Waals surface area contributed by atoms with Crippen molar-refractivity contribution in [1.82, 2.24) is 5.32 Å². The highest BCUT2D eigenvalue weighted by Gasteiger charge is 2.31. The average molecular weight is 339 g/mol. The number of halogens is 2. The Balaban J connectivity index is 1.74. The summed E-state index contributed by atoms with van der Waals surface area (Å²) in [6, 6.07) is 2.18. The maximum atomic E-state index is 3.50. The van der Waals surface area contributed by atoms with Gasteiger partial charge < -0.3 is 5.32 Å². The van der Waals surface area contributed by atoms with Crippen LogP contribution in [0.3, 0.4) is 0 Å². The van der Waals surface area contributed by atoms with E-state index < -0.39 is 0 Å². The molecule has 2 unspecified atom stereocenters. The molecular weight excluding hydrogens is 326 g/mol. The summed E-state index contributed by atoms with van der Waals surface area (Å²) in [4.78, 5) is 1.39. The Morgan fingerprint density at radius 3 is 2.79 bits per heavy atom. The molecule has 1 aliphatic carbocycles. The van der Waals surface area contributed by atoms with Gasteiger partial charge in [-0.05, 0) is 62.7 Å². The van der Waals surface area contributed by atoms with Crippen LogP contribution in [0, 0.1) is 11.8 Å². The lowest BCUT2D eigenvalue weighted by molar-refractivity contribution is 0.616. The van der Waals surface area contributed by atoms with Crippen molar-refractivity contribution in [2.75, 3.05) is 6.54 Å². The molecule has 4 heteroatoms. The fourth-order valence-electron chi connectivity index (χ4n) is 1.54. The number of thiophene rings is 1. The van der Waals surface area contributed by atoms with Gasteiger partial charge in [0.05, 0.1) is 3.79 Å². The summed E-state index contributed by atoms with van der Waals surface area (Å²) in [5.74, 6) is 1.88. The summed E-state index contributed by atoms with van der Waals surface area (Å²) in [7, 11) is 0. The van der Waals surface area contributed by atoms with Crippen LogP contribution < -0.4 is 5.32 Å². The van der Waals surface area contributed by atoms with Crippen molar-refractivity contribution in [3.63, 3.8) is 0 Å². The van der Waals surface area contributed by atoms with E-state index in [0.717, 1.165) is 18.4 Å². The maximum Gasteiger partial charge on any atom is 0.0843 e. The first-order valence-electron chi connectivity index (χ1n) is 4.81. The fourth-order valence-corrected chi connectivity index (χ4v) is 3.69. The second-order valence-electron chi connectivity index (χ2n) is 3.94. The van der Waals surface area contributed by atoms with Crippen LogP contribution >= 0.6 is 43.2 Å². The molecule has 0 radical (unpaired) electrons.